The zero-order chi connectivity index (χ0) is 13.9. The molecule has 0 aliphatic carbocycles. The molecule has 0 bridgehead atoms. The molecule has 0 radical (unpaired) electrons. The van der Waals surface area contributed by atoms with Crippen molar-refractivity contribution in [3.05, 3.63) is 48.0 Å². The molecular formula is C17H23NO. The average molecular weight is 257 g/mol. The molecule has 0 amide bonds. The topological polar surface area (TPSA) is 21.3 Å². The van der Waals surface area contributed by atoms with Crippen molar-refractivity contribution < 1.29 is 4.74 Å². The normalized spacial score (nSPS) is 13.7. The predicted molar refractivity (Wildman–Crippen MR) is 81.5 cm³/mol. The fourth-order valence-electron chi connectivity index (χ4n) is 2.07. The Morgan fingerprint density at radius 3 is 2.47 bits per heavy atom. The minimum Gasteiger partial charge on any atom is -0.377 e. The van der Waals surface area contributed by atoms with Crippen LogP contribution in [0.3, 0.4) is 0 Å². The lowest BCUT2D eigenvalue weighted by Gasteiger charge is -2.26. The Hall–Kier alpha value is -1.38. The van der Waals surface area contributed by atoms with Gasteiger partial charge >= 0.3 is 0 Å². The lowest BCUT2D eigenvalue weighted by molar-refractivity contribution is 0.0214. The van der Waals surface area contributed by atoms with Crippen molar-refractivity contribution in [3.8, 4) is 0 Å². The number of hydrogen-bond acceptors (Lipinski definition) is 2. The number of nitrogens with one attached hydrogen (secondary N) is 1. The third-order valence-electron chi connectivity index (χ3n) is 3.66. The standard InChI is InChI=1S/C17H23NO/c1-13(18-12-17(2,3)19-4)15-10-9-14-7-5-6-8-16(14)11-15/h5-11,13,18H,12H2,1-4H3. The van der Waals surface area contributed by atoms with Crippen molar-refractivity contribution >= 4 is 10.8 Å². The van der Waals surface area contributed by atoms with Gasteiger partial charge in [0.2, 0.25) is 0 Å². The Bertz CT molecular complexity index is 548. The molecule has 0 saturated heterocycles. The van der Waals surface area contributed by atoms with E-state index >= 15 is 0 Å². The fourth-order valence-corrected chi connectivity index (χ4v) is 2.07. The molecule has 1 unspecified atom stereocenters. The van der Waals surface area contributed by atoms with E-state index in [0.29, 0.717) is 6.04 Å². The van der Waals surface area contributed by atoms with Gasteiger partial charge in [-0.3, -0.25) is 0 Å². The molecule has 0 saturated carbocycles. The van der Waals surface area contributed by atoms with Gasteiger partial charge in [-0.15, -0.1) is 0 Å². The third-order valence-corrected chi connectivity index (χ3v) is 3.66. The summed E-state index contributed by atoms with van der Waals surface area (Å²) in [5.41, 5.74) is 1.18. The van der Waals surface area contributed by atoms with Gasteiger partial charge in [0.25, 0.3) is 0 Å². The summed E-state index contributed by atoms with van der Waals surface area (Å²) in [6, 6.07) is 15.4. The second-order valence-corrected chi connectivity index (χ2v) is 5.67. The van der Waals surface area contributed by atoms with Gasteiger partial charge in [0, 0.05) is 19.7 Å². The molecule has 102 valence electrons. The highest BCUT2D eigenvalue weighted by Crippen LogP contribution is 2.20. The lowest BCUT2D eigenvalue weighted by Crippen LogP contribution is -2.37. The van der Waals surface area contributed by atoms with Gasteiger partial charge in [-0.1, -0.05) is 36.4 Å². The molecule has 1 N–H and O–H groups in total. The van der Waals surface area contributed by atoms with Crippen molar-refractivity contribution in [1.29, 1.82) is 0 Å². The van der Waals surface area contributed by atoms with E-state index in [2.05, 4.69) is 68.6 Å². The molecule has 19 heavy (non-hydrogen) atoms. The van der Waals surface area contributed by atoms with Gasteiger partial charge in [-0.2, -0.15) is 0 Å². The van der Waals surface area contributed by atoms with Crippen LogP contribution in [-0.4, -0.2) is 19.3 Å². The Morgan fingerprint density at radius 2 is 1.79 bits per heavy atom. The number of benzene rings is 2. The first-order valence-electron chi connectivity index (χ1n) is 6.79. The zero-order valence-electron chi connectivity index (χ0n) is 12.2. The molecule has 2 aromatic rings. The Kier molecular flexibility index (Phi) is 4.23. The summed E-state index contributed by atoms with van der Waals surface area (Å²) in [5.74, 6) is 0. The van der Waals surface area contributed by atoms with Crippen LogP contribution >= 0.6 is 0 Å². The molecule has 0 aliphatic heterocycles. The lowest BCUT2D eigenvalue weighted by atomic mass is 10.0. The summed E-state index contributed by atoms with van der Waals surface area (Å²) in [6.07, 6.45) is 0. The van der Waals surface area contributed by atoms with Gasteiger partial charge in [-0.05, 0) is 43.2 Å². The summed E-state index contributed by atoms with van der Waals surface area (Å²) >= 11 is 0. The van der Waals surface area contributed by atoms with Gasteiger partial charge in [0.15, 0.2) is 0 Å². The van der Waals surface area contributed by atoms with Crippen LogP contribution in [0.2, 0.25) is 0 Å². The van der Waals surface area contributed by atoms with E-state index in [4.69, 9.17) is 4.74 Å². The van der Waals surface area contributed by atoms with Crippen LogP contribution < -0.4 is 5.32 Å². The van der Waals surface area contributed by atoms with E-state index in [1.54, 1.807) is 7.11 Å². The zero-order valence-corrected chi connectivity index (χ0v) is 12.2. The van der Waals surface area contributed by atoms with E-state index in [9.17, 15) is 0 Å². The van der Waals surface area contributed by atoms with E-state index in [0.717, 1.165) is 6.54 Å². The maximum absolute atomic E-state index is 5.43. The average Bonchev–Trinajstić information content (AvgIpc) is 2.44. The van der Waals surface area contributed by atoms with Crippen LogP contribution in [0.4, 0.5) is 0 Å². The van der Waals surface area contributed by atoms with Crippen molar-refractivity contribution in [3.63, 3.8) is 0 Å². The maximum Gasteiger partial charge on any atom is 0.0746 e. The molecular weight excluding hydrogens is 234 g/mol. The first kappa shape index (κ1) is 14.0. The highest BCUT2D eigenvalue weighted by atomic mass is 16.5. The minimum atomic E-state index is -0.134. The van der Waals surface area contributed by atoms with Crippen LogP contribution in [-0.2, 0) is 4.74 Å². The number of ether oxygens (including phenoxy) is 1. The van der Waals surface area contributed by atoms with Crippen LogP contribution in [0.15, 0.2) is 42.5 Å². The van der Waals surface area contributed by atoms with Crippen LogP contribution in [0, 0.1) is 0 Å². The van der Waals surface area contributed by atoms with E-state index in [-0.39, 0.29) is 5.60 Å². The monoisotopic (exact) mass is 257 g/mol. The third kappa shape index (κ3) is 3.55. The van der Waals surface area contributed by atoms with Crippen LogP contribution in [0.5, 0.6) is 0 Å². The Labute approximate surface area is 115 Å². The molecule has 2 rings (SSSR count). The molecule has 0 aromatic heterocycles. The molecule has 1 atom stereocenters. The SMILES string of the molecule is COC(C)(C)CNC(C)c1ccc2ccccc2c1. The summed E-state index contributed by atoms with van der Waals surface area (Å²) in [7, 11) is 1.75. The highest BCUT2D eigenvalue weighted by molar-refractivity contribution is 5.83. The molecule has 0 heterocycles. The molecule has 2 heteroatoms. The molecule has 0 aliphatic rings. The summed E-state index contributed by atoms with van der Waals surface area (Å²) in [6.45, 7) is 7.20. The van der Waals surface area contributed by atoms with E-state index < -0.39 is 0 Å². The van der Waals surface area contributed by atoms with E-state index in [1.807, 2.05) is 0 Å². The van der Waals surface area contributed by atoms with Crippen molar-refractivity contribution in [2.75, 3.05) is 13.7 Å². The number of fused-ring (bicyclic) bond motifs is 1. The molecule has 2 nitrogen and oxygen atoms in total. The summed E-state index contributed by atoms with van der Waals surface area (Å²) in [4.78, 5) is 0. The van der Waals surface area contributed by atoms with Crippen molar-refractivity contribution in [2.24, 2.45) is 0 Å². The smallest absolute Gasteiger partial charge is 0.0746 e. The van der Waals surface area contributed by atoms with Gasteiger partial charge in [-0.25, -0.2) is 0 Å². The van der Waals surface area contributed by atoms with Gasteiger partial charge in [0.1, 0.15) is 0 Å². The number of methoxy groups -OCH3 is 1. The first-order chi connectivity index (χ1) is 9.02. The van der Waals surface area contributed by atoms with E-state index in [1.165, 1.54) is 16.3 Å². The minimum absolute atomic E-state index is 0.134. The second kappa shape index (κ2) is 5.72. The Balaban J connectivity index is 2.11. The van der Waals surface area contributed by atoms with Crippen LogP contribution in [0.1, 0.15) is 32.4 Å². The van der Waals surface area contributed by atoms with Crippen molar-refractivity contribution in [2.45, 2.75) is 32.4 Å². The highest BCUT2D eigenvalue weighted by Gasteiger charge is 2.17. The number of hydrogen-bond donors (Lipinski definition) is 1. The fraction of sp³-hybridized carbons (Fsp3) is 0.412. The van der Waals surface area contributed by atoms with Gasteiger partial charge < -0.3 is 10.1 Å². The second-order valence-electron chi connectivity index (χ2n) is 5.67. The first-order valence-corrected chi connectivity index (χ1v) is 6.79. The van der Waals surface area contributed by atoms with Crippen LogP contribution in [0.25, 0.3) is 10.8 Å². The molecule has 2 aromatic carbocycles. The van der Waals surface area contributed by atoms with Gasteiger partial charge in [0.05, 0.1) is 5.60 Å². The quantitative estimate of drug-likeness (QED) is 0.876. The molecule has 0 spiro atoms. The maximum atomic E-state index is 5.43. The van der Waals surface area contributed by atoms with Crippen molar-refractivity contribution in [1.82, 2.24) is 5.32 Å². The number of rotatable bonds is 5. The summed E-state index contributed by atoms with van der Waals surface area (Å²) < 4.78 is 5.43. The Morgan fingerprint density at radius 1 is 1.11 bits per heavy atom. The summed E-state index contributed by atoms with van der Waals surface area (Å²) in [5, 5.41) is 6.11. The predicted octanol–water partition coefficient (Wildman–Crippen LogP) is 3.92. The largest absolute Gasteiger partial charge is 0.377 e. The molecule has 0 fully saturated rings.